The molecule has 1 saturated heterocycles. The van der Waals surface area contributed by atoms with E-state index in [1.807, 2.05) is 0 Å². The molecule has 2 heterocycles. The summed E-state index contributed by atoms with van der Waals surface area (Å²) in [5.74, 6) is 0. The Kier molecular flexibility index (Phi) is 3.62. The van der Waals surface area contributed by atoms with E-state index in [0.29, 0.717) is 0 Å². The van der Waals surface area contributed by atoms with Crippen molar-refractivity contribution < 1.29 is 0 Å². The molecule has 0 radical (unpaired) electrons. The molecule has 0 spiro atoms. The SMILES string of the molecule is CC1CCCN1Cc1cccc(CNC2CC2)n1. The van der Waals surface area contributed by atoms with Gasteiger partial charge in [-0.1, -0.05) is 6.07 Å². The van der Waals surface area contributed by atoms with Crippen molar-refractivity contribution in [2.75, 3.05) is 6.54 Å². The van der Waals surface area contributed by atoms with Crippen molar-refractivity contribution in [3.8, 4) is 0 Å². The number of likely N-dealkylation sites (tertiary alicyclic amines) is 1. The molecule has 1 aliphatic carbocycles. The summed E-state index contributed by atoms with van der Waals surface area (Å²) in [6.07, 6.45) is 5.35. The minimum absolute atomic E-state index is 0.722. The van der Waals surface area contributed by atoms with Crippen molar-refractivity contribution in [1.82, 2.24) is 15.2 Å². The Balaban J connectivity index is 1.58. The van der Waals surface area contributed by atoms with Crippen LogP contribution in [-0.4, -0.2) is 28.5 Å². The van der Waals surface area contributed by atoms with Crippen molar-refractivity contribution in [3.05, 3.63) is 29.6 Å². The fourth-order valence-corrected chi connectivity index (χ4v) is 2.69. The minimum Gasteiger partial charge on any atom is -0.308 e. The van der Waals surface area contributed by atoms with Crippen LogP contribution in [0.3, 0.4) is 0 Å². The Labute approximate surface area is 110 Å². The van der Waals surface area contributed by atoms with Crippen LogP contribution >= 0.6 is 0 Å². The fraction of sp³-hybridized carbons (Fsp3) is 0.667. The van der Waals surface area contributed by atoms with E-state index >= 15 is 0 Å². The molecule has 1 aromatic rings. The van der Waals surface area contributed by atoms with Gasteiger partial charge in [0.2, 0.25) is 0 Å². The second-order valence-electron chi connectivity index (χ2n) is 5.74. The molecule has 0 bridgehead atoms. The molecular weight excluding hydrogens is 222 g/mol. The Bertz CT molecular complexity index is 400. The lowest BCUT2D eigenvalue weighted by Crippen LogP contribution is -2.27. The number of hydrogen-bond acceptors (Lipinski definition) is 3. The van der Waals surface area contributed by atoms with Crippen molar-refractivity contribution in [3.63, 3.8) is 0 Å². The van der Waals surface area contributed by atoms with Crippen LogP contribution in [0.4, 0.5) is 0 Å². The van der Waals surface area contributed by atoms with Crippen LogP contribution < -0.4 is 5.32 Å². The second-order valence-corrected chi connectivity index (χ2v) is 5.74. The second kappa shape index (κ2) is 5.37. The molecule has 1 N–H and O–H groups in total. The number of pyridine rings is 1. The first-order chi connectivity index (χ1) is 8.81. The summed E-state index contributed by atoms with van der Waals surface area (Å²) in [6, 6.07) is 7.92. The zero-order valence-electron chi connectivity index (χ0n) is 11.2. The van der Waals surface area contributed by atoms with Gasteiger partial charge in [0.1, 0.15) is 0 Å². The molecule has 1 atom stereocenters. The molecule has 3 heteroatoms. The number of hydrogen-bond donors (Lipinski definition) is 1. The van der Waals surface area contributed by atoms with Crippen molar-refractivity contribution >= 4 is 0 Å². The van der Waals surface area contributed by atoms with E-state index in [1.54, 1.807) is 0 Å². The molecule has 18 heavy (non-hydrogen) atoms. The maximum Gasteiger partial charge on any atom is 0.0547 e. The topological polar surface area (TPSA) is 28.2 Å². The van der Waals surface area contributed by atoms with Gasteiger partial charge in [-0.25, -0.2) is 0 Å². The van der Waals surface area contributed by atoms with E-state index in [-0.39, 0.29) is 0 Å². The molecule has 2 aliphatic rings. The maximum atomic E-state index is 4.77. The smallest absolute Gasteiger partial charge is 0.0547 e. The third-order valence-corrected chi connectivity index (χ3v) is 4.07. The first-order valence-electron chi connectivity index (χ1n) is 7.23. The summed E-state index contributed by atoms with van der Waals surface area (Å²) in [6.45, 7) is 5.49. The molecule has 1 unspecified atom stereocenters. The van der Waals surface area contributed by atoms with Gasteiger partial charge in [-0.15, -0.1) is 0 Å². The van der Waals surface area contributed by atoms with Gasteiger partial charge in [0, 0.05) is 25.2 Å². The molecule has 1 saturated carbocycles. The van der Waals surface area contributed by atoms with Crippen molar-refractivity contribution in [2.24, 2.45) is 0 Å². The summed E-state index contributed by atoms with van der Waals surface area (Å²) in [5, 5.41) is 3.53. The lowest BCUT2D eigenvalue weighted by molar-refractivity contribution is 0.257. The summed E-state index contributed by atoms with van der Waals surface area (Å²) in [5.41, 5.74) is 2.41. The highest BCUT2D eigenvalue weighted by molar-refractivity contribution is 5.12. The third-order valence-electron chi connectivity index (χ3n) is 4.07. The Morgan fingerprint density at radius 1 is 1.28 bits per heavy atom. The lowest BCUT2D eigenvalue weighted by atomic mass is 10.2. The number of nitrogens with one attached hydrogen (secondary N) is 1. The molecule has 1 aliphatic heterocycles. The lowest BCUT2D eigenvalue weighted by Gasteiger charge is -2.20. The standard InChI is InChI=1S/C15H23N3/c1-12-4-3-9-18(12)11-15-6-2-5-14(17-15)10-16-13-7-8-13/h2,5-6,12-13,16H,3-4,7-11H2,1H3. The van der Waals surface area contributed by atoms with Gasteiger partial charge in [-0.3, -0.25) is 9.88 Å². The molecule has 3 nitrogen and oxygen atoms in total. The van der Waals surface area contributed by atoms with Crippen LogP contribution in [0.2, 0.25) is 0 Å². The first kappa shape index (κ1) is 12.1. The largest absolute Gasteiger partial charge is 0.308 e. The monoisotopic (exact) mass is 245 g/mol. The van der Waals surface area contributed by atoms with Crippen LogP contribution in [0.5, 0.6) is 0 Å². The Hall–Kier alpha value is -0.930. The van der Waals surface area contributed by atoms with Crippen molar-refractivity contribution in [1.29, 1.82) is 0 Å². The van der Waals surface area contributed by atoms with Crippen molar-refractivity contribution in [2.45, 2.75) is 57.8 Å². The Morgan fingerprint density at radius 3 is 2.83 bits per heavy atom. The van der Waals surface area contributed by atoms with E-state index in [9.17, 15) is 0 Å². The van der Waals surface area contributed by atoms with E-state index in [1.165, 1.54) is 43.6 Å². The molecule has 2 fully saturated rings. The van der Waals surface area contributed by atoms with Gasteiger partial charge >= 0.3 is 0 Å². The minimum atomic E-state index is 0.722. The average molecular weight is 245 g/mol. The first-order valence-corrected chi connectivity index (χ1v) is 7.23. The van der Waals surface area contributed by atoms with Gasteiger partial charge in [-0.05, 0) is 51.3 Å². The van der Waals surface area contributed by atoms with Crippen LogP contribution in [0.1, 0.15) is 44.0 Å². The number of aromatic nitrogens is 1. The summed E-state index contributed by atoms with van der Waals surface area (Å²) < 4.78 is 0. The van der Waals surface area contributed by atoms with Crippen LogP contribution in [0.25, 0.3) is 0 Å². The Morgan fingerprint density at radius 2 is 2.11 bits per heavy atom. The summed E-state index contributed by atoms with van der Waals surface area (Å²) in [4.78, 5) is 7.31. The van der Waals surface area contributed by atoms with Gasteiger partial charge in [-0.2, -0.15) is 0 Å². The van der Waals surface area contributed by atoms with E-state index in [4.69, 9.17) is 4.98 Å². The molecule has 1 aromatic heterocycles. The molecule has 3 rings (SSSR count). The van der Waals surface area contributed by atoms with Gasteiger partial charge < -0.3 is 5.32 Å². The maximum absolute atomic E-state index is 4.77. The van der Waals surface area contributed by atoms with Gasteiger partial charge in [0.05, 0.1) is 11.4 Å². The van der Waals surface area contributed by atoms with Crippen LogP contribution in [0, 0.1) is 0 Å². The molecule has 0 aromatic carbocycles. The number of rotatable bonds is 5. The zero-order valence-corrected chi connectivity index (χ0v) is 11.2. The van der Waals surface area contributed by atoms with E-state index in [0.717, 1.165) is 25.2 Å². The fourth-order valence-electron chi connectivity index (χ4n) is 2.69. The third kappa shape index (κ3) is 3.09. The van der Waals surface area contributed by atoms with E-state index in [2.05, 4.69) is 35.3 Å². The van der Waals surface area contributed by atoms with E-state index < -0.39 is 0 Å². The summed E-state index contributed by atoms with van der Waals surface area (Å²) in [7, 11) is 0. The van der Waals surface area contributed by atoms with Gasteiger partial charge in [0.25, 0.3) is 0 Å². The average Bonchev–Trinajstić information content (AvgIpc) is 3.13. The quantitative estimate of drug-likeness (QED) is 0.863. The normalized spacial score (nSPS) is 24.6. The zero-order chi connectivity index (χ0) is 12.4. The summed E-state index contributed by atoms with van der Waals surface area (Å²) >= 11 is 0. The van der Waals surface area contributed by atoms with Crippen LogP contribution in [0.15, 0.2) is 18.2 Å². The van der Waals surface area contributed by atoms with Crippen LogP contribution in [-0.2, 0) is 13.1 Å². The predicted octanol–water partition coefficient (Wildman–Crippen LogP) is 2.32. The predicted molar refractivity (Wildman–Crippen MR) is 73.2 cm³/mol. The molecule has 98 valence electrons. The highest BCUT2D eigenvalue weighted by Crippen LogP contribution is 2.20. The van der Waals surface area contributed by atoms with Gasteiger partial charge in [0.15, 0.2) is 0 Å². The molecular formula is C15H23N3. The molecule has 0 amide bonds. The highest BCUT2D eigenvalue weighted by atomic mass is 15.2. The number of nitrogens with zero attached hydrogens (tertiary/aromatic N) is 2. The highest BCUT2D eigenvalue weighted by Gasteiger charge is 2.21.